The summed E-state index contributed by atoms with van der Waals surface area (Å²) in [7, 11) is 1.56. The number of fused-ring (bicyclic) bond motifs is 1. The van der Waals surface area contributed by atoms with Crippen LogP contribution in [0.3, 0.4) is 0 Å². The average molecular weight is 220 g/mol. The van der Waals surface area contributed by atoms with Crippen molar-refractivity contribution in [3.05, 3.63) is 29.0 Å². The van der Waals surface area contributed by atoms with Gasteiger partial charge in [0.2, 0.25) is 5.76 Å². The highest BCUT2D eigenvalue weighted by Gasteiger charge is 2.19. The van der Waals surface area contributed by atoms with Crippen LogP contribution in [0.4, 0.5) is 0 Å². The number of aryl methyl sites for hydroxylation is 2. The average Bonchev–Trinajstić information content (AvgIpc) is 2.55. The van der Waals surface area contributed by atoms with E-state index in [4.69, 9.17) is 14.3 Å². The zero-order valence-electron chi connectivity index (χ0n) is 9.33. The summed E-state index contributed by atoms with van der Waals surface area (Å²) >= 11 is 0. The summed E-state index contributed by atoms with van der Waals surface area (Å²) in [5.74, 6) is -0.448. The number of ether oxygens (including phenoxy) is 1. The first-order valence-corrected chi connectivity index (χ1v) is 4.85. The van der Waals surface area contributed by atoms with Crippen LogP contribution in [0, 0.1) is 13.8 Å². The molecule has 2 aromatic rings. The summed E-state index contributed by atoms with van der Waals surface area (Å²) in [5.41, 5.74) is 2.11. The van der Waals surface area contributed by atoms with E-state index in [1.54, 1.807) is 20.1 Å². The van der Waals surface area contributed by atoms with E-state index in [1.165, 1.54) is 0 Å². The minimum atomic E-state index is -1.06. The Morgan fingerprint density at radius 3 is 2.62 bits per heavy atom. The number of rotatable bonds is 2. The number of carboxylic acids is 1. The Kier molecular flexibility index (Phi) is 2.34. The number of benzene rings is 1. The van der Waals surface area contributed by atoms with Crippen LogP contribution in [-0.4, -0.2) is 18.2 Å². The van der Waals surface area contributed by atoms with Gasteiger partial charge in [0.15, 0.2) is 0 Å². The zero-order chi connectivity index (χ0) is 11.9. The van der Waals surface area contributed by atoms with Crippen molar-refractivity contribution in [2.75, 3.05) is 7.11 Å². The van der Waals surface area contributed by atoms with Gasteiger partial charge in [-0.05, 0) is 31.5 Å². The van der Waals surface area contributed by atoms with Gasteiger partial charge in [0.25, 0.3) is 0 Å². The Balaban J connectivity index is 2.85. The lowest BCUT2D eigenvalue weighted by Gasteiger charge is -2.03. The minimum Gasteiger partial charge on any atom is -0.496 e. The predicted octanol–water partition coefficient (Wildman–Crippen LogP) is 2.76. The quantitative estimate of drug-likeness (QED) is 0.845. The number of hydrogen-bond donors (Lipinski definition) is 1. The van der Waals surface area contributed by atoms with Gasteiger partial charge in [0, 0.05) is 5.56 Å². The van der Waals surface area contributed by atoms with Gasteiger partial charge in [0.05, 0.1) is 12.5 Å². The lowest BCUT2D eigenvalue weighted by atomic mass is 10.1. The maximum Gasteiger partial charge on any atom is 0.372 e. The topological polar surface area (TPSA) is 59.7 Å². The van der Waals surface area contributed by atoms with E-state index in [0.29, 0.717) is 16.9 Å². The zero-order valence-corrected chi connectivity index (χ0v) is 9.33. The molecule has 1 N–H and O–H groups in total. The molecule has 4 heteroatoms. The van der Waals surface area contributed by atoms with Gasteiger partial charge in [-0.15, -0.1) is 0 Å². The van der Waals surface area contributed by atoms with Crippen LogP contribution in [0.5, 0.6) is 5.75 Å². The van der Waals surface area contributed by atoms with Crippen molar-refractivity contribution < 1.29 is 19.1 Å². The van der Waals surface area contributed by atoms with Crippen LogP contribution in [0.15, 0.2) is 16.5 Å². The monoisotopic (exact) mass is 220 g/mol. The van der Waals surface area contributed by atoms with Crippen molar-refractivity contribution in [1.82, 2.24) is 0 Å². The summed E-state index contributed by atoms with van der Waals surface area (Å²) in [6.45, 7) is 3.62. The molecule has 1 aromatic carbocycles. The fraction of sp³-hybridized carbons (Fsp3) is 0.250. The molecule has 0 fully saturated rings. The molecule has 84 valence electrons. The molecule has 0 aliphatic carbocycles. The van der Waals surface area contributed by atoms with Crippen LogP contribution in [0.2, 0.25) is 0 Å². The van der Waals surface area contributed by atoms with Crippen LogP contribution >= 0.6 is 0 Å². The first-order chi connectivity index (χ1) is 7.54. The summed E-state index contributed by atoms with van der Waals surface area (Å²) in [6, 6.07) is 3.66. The van der Waals surface area contributed by atoms with Crippen molar-refractivity contribution in [3.63, 3.8) is 0 Å². The smallest absolute Gasteiger partial charge is 0.372 e. The second-order valence-electron chi connectivity index (χ2n) is 3.70. The number of carboxylic acid groups (broad SMARTS) is 1. The highest BCUT2D eigenvalue weighted by molar-refractivity contribution is 5.97. The SMILES string of the molecule is COc1cc(C)cc2oc(C(=O)O)c(C)c12. The van der Waals surface area contributed by atoms with E-state index >= 15 is 0 Å². The molecule has 0 aliphatic rings. The number of aromatic carboxylic acids is 1. The third-order valence-electron chi connectivity index (χ3n) is 2.55. The third-order valence-corrected chi connectivity index (χ3v) is 2.55. The molecule has 0 atom stereocenters. The molecule has 0 radical (unpaired) electrons. The maximum atomic E-state index is 10.9. The first-order valence-electron chi connectivity index (χ1n) is 4.85. The van der Waals surface area contributed by atoms with E-state index < -0.39 is 5.97 Å². The maximum absolute atomic E-state index is 10.9. The van der Waals surface area contributed by atoms with Crippen molar-refractivity contribution in [2.24, 2.45) is 0 Å². The Hall–Kier alpha value is -1.97. The standard InChI is InChI=1S/C12H12O4/c1-6-4-8(15-3)10-7(2)11(12(13)14)16-9(10)5-6/h4-5H,1-3H3,(H,13,14). The van der Waals surface area contributed by atoms with E-state index in [-0.39, 0.29) is 5.76 Å². The number of hydrogen-bond acceptors (Lipinski definition) is 3. The van der Waals surface area contributed by atoms with Gasteiger partial charge in [-0.2, -0.15) is 0 Å². The fourth-order valence-corrected chi connectivity index (χ4v) is 1.84. The number of methoxy groups -OCH3 is 1. The molecule has 16 heavy (non-hydrogen) atoms. The van der Waals surface area contributed by atoms with E-state index in [0.717, 1.165) is 10.9 Å². The Morgan fingerprint density at radius 1 is 1.38 bits per heavy atom. The Morgan fingerprint density at radius 2 is 2.06 bits per heavy atom. The summed E-state index contributed by atoms with van der Waals surface area (Å²) in [4.78, 5) is 10.9. The van der Waals surface area contributed by atoms with Crippen molar-refractivity contribution in [3.8, 4) is 5.75 Å². The van der Waals surface area contributed by atoms with Crippen LogP contribution in [0.25, 0.3) is 11.0 Å². The summed E-state index contributed by atoms with van der Waals surface area (Å²) < 4.78 is 10.5. The molecule has 0 bridgehead atoms. The van der Waals surface area contributed by atoms with Gasteiger partial charge < -0.3 is 14.3 Å². The minimum absolute atomic E-state index is 0.0288. The molecule has 1 aromatic heterocycles. The number of furan rings is 1. The van der Waals surface area contributed by atoms with Gasteiger partial charge in [-0.25, -0.2) is 4.79 Å². The Bertz CT molecular complexity index is 566. The lowest BCUT2D eigenvalue weighted by Crippen LogP contribution is -1.95. The number of carbonyl (C=O) groups is 1. The van der Waals surface area contributed by atoms with Gasteiger partial charge in [-0.3, -0.25) is 0 Å². The third kappa shape index (κ3) is 1.43. The molecule has 0 unspecified atom stereocenters. The molecular formula is C12H12O4. The molecule has 2 rings (SSSR count). The molecule has 0 spiro atoms. The molecule has 0 amide bonds. The van der Waals surface area contributed by atoms with Crippen molar-refractivity contribution in [2.45, 2.75) is 13.8 Å². The predicted molar refractivity (Wildman–Crippen MR) is 59.2 cm³/mol. The second-order valence-corrected chi connectivity index (χ2v) is 3.70. The molecule has 0 aliphatic heterocycles. The fourth-order valence-electron chi connectivity index (χ4n) is 1.84. The van der Waals surface area contributed by atoms with Crippen LogP contribution in [0.1, 0.15) is 21.7 Å². The Labute approximate surface area is 92.4 Å². The summed E-state index contributed by atoms with van der Waals surface area (Å²) in [5, 5.41) is 9.69. The second kappa shape index (κ2) is 3.56. The largest absolute Gasteiger partial charge is 0.496 e. The van der Waals surface area contributed by atoms with Crippen molar-refractivity contribution in [1.29, 1.82) is 0 Å². The van der Waals surface area contributed by atoms with Gasteiger partial charge >= 0.3 is 5.97 Å². The normalized spacial score (nSPS) is 10.7. The van der Waals surface area contributed by atoms with Gasteiger partial charge in [-0.1, -0.05) is 0 Å². The molecule has 0 saturated carbocycles. The van der Waals surface area contributed by atoms with E-state index in [1.807, 2.05) is 13.0 Å². The highest BCUT2D eigenvalue weighted by atomic mass is 16.5. The highest BCUT2D eigenvalue weighted by Crippen LogP contribution is 2.34. The van der Waals surface area contributed by atoms with Gasteiger partial charge in [0.1, 0.15) is 11.3 Å². The molecule has 1 heterocycles. The summed E-state index contributed by atoms with van der Waals surface area (Å²) in [6.07, 6.45) is 0. The molecular weight excluding hydrogens is 208 g/mol. The van der Waals surface area contributed by atoms with Crippen LogP contribution in [-0.2, 0) is 0 Å². The molecule has 4 nitrogen and oxygen atoms in total. The first kappa shape index (κ1) is 10.5. The van der Waals surface area contributed by atoms with E-state index in [2.05, 4.69) is 0 Å². The van der Waals surface area contributed by atoms with Crippen LogP contribution < -0.4 is 4.74 Å². The molecule has 0 saturated heterocycles. The lowest BCUT2D eigenvalue weighted by molar-refractivity contribution is 0.0664. The van der Waals surface area contributed by atoms with Crippen molar-refractivity contribution >= 4 is 16.9 Å². The van der Waals surface area contributed by atoms with E-state index in [9.17, 15) is 4.79 Å².